The molecule has 1 aromatic rings. The summed E-state index contributed by atoms with van der Waals surface area (Å²) in [4.78, 5) is 15.0. The van der Waals surface area contributed by atoms with E-state index in [2.05, 4.69) is 4.98 Å². The highest BCUT2D eigenvalue weighted by Crippen LogP contribution is 2.31. The number of aliphatic hydroxyl groups excluding tert-OH is 3. The van der Waals surface area contributed by atoms with Crippen LogP contribution in [-0.4, -0.2) is 48.7 Å². The van der Waals surface area contributed by atoms with Gasteiger partial charge in [-0.2, -0.15) is 4.98 Å². The van der Waals surface area contributed by atoms with Crippen molar-refractivity contribution in [1.82, 2.24) is 9.55 Å². The number of aromatic nitrogens is 2. The number of ether oxygens (including phenoxy) is 1. The lowest BCUT2D eigenvalue weighted by molar-refractivity contribution is -0.0393. The fourth-order valence-electron chi connectivity index (χ4n) is 1.82. The molecule has 10 heteroatoms. The predicted octanol–water partition coefficient (Wildman–Crippen LogP) is -2.01. The quantitative estimate of drug-likeness (QED) is 0.457. The molecule has 2 rings (SSSR count). The van der Waals surface area contributed by atoms with Crippen LogP contribution in [0.3, 0.4) is 0 Å². The van der Waals surface area contributed by atoms with E-state index in [0.717, 1.165) is 4.57 Å². The molecule has 0 aliphatic carbocycles. The number of hydrogen-bond acceptors (Lipinski definition) is 7. The SMILES string of the molecule is Nc1ccn([C@@H]2O[C@H](C(O)=CF)[C@@H](O)[C@H]2O)c(=O)n1.O. The molecule has 1 aliphatic rings. The summed E-state index contributed by atoms with van der Waals surface area (Å²) in [5.74, 6) is -0.900. The minimum Gasteiger partial charge on any atom is -0.507 e. The summed E-state index contributed by atoms with van der Waals surface area (Å²) in [6.45, 7) is 0. The van der Waals surface area contributed by atoms with Crippen molar-refractivity contribution in [2.45, 2.75) is 24.5 Å². The van der Waals surface area contributed by atoms with E-state index in [0.29, 0.717) is 0 Å². The fourth-order valence-corrected chi connectivity index (χ4v) is 1.82. The second-order valence-electron chi connectivity index (χ2n) is 4.00. The van der Waals surface area contributed by atoms with E-state index in [1.807, 2.05) is 0 Å². The van der Waals surface area contributed by atoms with Crippen LogP contribution >= 0.6 is 0 Å². The number of nitrogen functional groups attached to an aromatic ring is 1. The van der Waals surface area contributed by atoms with Gasteiger partial charge in [-0.15, -0.1) is 0 Å². The standard InChI is InChI=1S/C10H12FN3O5.H2O/c11-3-4(15)8-6(16)7(17)9(19-8)14-2-1-5(12)13-10(14)18;/h1-3,6-9,15-17H,(H2,12,13,18);1H2/t6-,7+,8+,9+;/m0./s1. The summed E-state index contributed by atoms with van der Waals surface area (Å²) in [6.07, 6.45) is -4.83. The molecule has 0 spiro atoms. The van der Waals surface area contributed by atoms with Crippen molar-refractivity contribution in [1.29, 1.82) is 0 Å². The third kappa shape index (κ3) is 2.63. The van der Waals surface area contributed by atoms with E-state index >= 15 is 0 Å². The second kappa shape index (κ2) is 5.96. The summed E-state index contributed by atoms with van der Waals surface area (Å²) in [5, 5.41) is 28.6. The predicted molar refractivity (Wildman–Crippen MR) is 64.3 cm³/mol. The molecule has 0 radical (unpaired) electrons. The Bertz CT molecular complexity index is 562. The zero-order valence-electron chi connectivity index (χ0n) is 10.0. The van der Waals surface area contributed by atoms with E-state index < -0.39 is 36.0 Å². The average Bonchev–Trinajstić information content (AvgIpc) is 2.66. The third-order valence-corrected chi connectivity index (χ3v) is 2.77. The Morgan fingerprint density at radius 3 is 2.70 bits per heavy atom. The van der Waals surface area contributed by atoms with Crippen molar-refractivity contribution in [3.8, 4) is 0 Å². The van der Waals surface area contributed by atoms with Gasteiger partial charge in [-0.3, -0.25) is 4.57 Å². The molecule has 0 aromatic carbocycles. The molecule has 1 aromatic heterocycles. The fraction of sp³-hybridized carbons (Fsp3) is 0.400. The van der Waals surface area contributed by atoms with Gasteiger partial charge in [-0.25, -0.2) is 9.18 Å². The molecule has 0 amide bonds. The van der Waals surface area contributed by atoms with Gasteiger partial charge in [0.25, 0.3) is 0 Å². The minimum absolute atomic E-state index is 0. The average molecular weight is 291 g/mol. The molecule has 20 heavy (non-hydrogen) atoms. The van der Waals surface area contributed by atoms with E-state index in [1.54, 1.807) is 0 Å². The number of nitrogens with zero attached hydrogens (tertiary/aromatic N) is 2. The minimum atomic E-state index is -1.58. The summed E-state index contributed by atoms with van der Waals surface area (Å²) in [7, 11) is 0. The highest BCUT2D eigenvalue weighted by molar-refractivity contribution is 5.23. The number of rotatable bonds is 2. The van der Waals surface area contributed by atoms with Crippen LogP contribution in [-0.2, 0) is 4.74 Å². The van der Waals surface area contributed by atoms with Crippen molar-refractivity contribution in [2.75, 3.05) is 5.73 Å². The highest BCUT2D eigenvalue weighted by Gasteiger charge is 2.46. The maximum absolute atomic E-state index is 12.2. The van der Waals surface area contributed by atoms with Gasteiger partial charge in [-0.05, 0) is 6.07 Å². The largest absolute Gasteiger partial charge is 0.507 e. The van der Waals surface area contributed by atoms with Gasteiger partial charge in [-0.1, -0.05) is 0 Å². The van der Waals surface area contributed by atoms with E-state index in [4.69, 9.17) is 10.5 Å². The molecule has 0 unspecified atom stereocenters. The van der Waals surface area contributed by atoms with Crippen LogP contribution in [0.2, 0.25) is 0 Å². The first kappa shape index (κ1) is 16.0. The topological polar surface area (TPSA) is 162 Å². The normalized spacial score (nSPS) is 30.1. The van der Waals surface area contributed by atoms with Crippen molar-refractivity contribution >= 4 is 5.82 Å². The van der Waals surface area contributed by atoms with Gasteiger partial charge in [0.05, 0.1) is 0 Å². The zero-order valence-corrected chi connectivity index (χ0v) is 10.0. The van der Waals surface area contributed by atoms with Crippen LogP contribution in [0.25, 0.3) is 0 Å². The Hall–Kier alpha value is -2.01. The van der Waals surface area contributed by atoms with Gasteiger partial charge in [0.2, 0.25) is 0 Å². The number of halogens is 1. The number of aliphatic hydroxyl groups is 3. The summed E-state index contributed by atoms with van der Waals surface area (Å²) >= 11 is 0. The van der Waals surface area contributed by atoms with Crippen molar-refractivity contribution in [3.63, 3.8) is 0 Å². The van der Waals surface area contributed by atoms with Crippen LogP contribution in [0.4, 0.5) is 10.2 Å². The van der Waals surface area contributed by atoms with Crippen LogP contribution in [0.5, 0.6) is 0 Å². The Morgan fingerprint density at radius 1 is 1.50 bits per heavy atom. The van der Waals surface area contributed by atoms with E-state index in [-0.39, 0.29) is 17.6 Å². The molecule has 0 saturated carbocycles. The van der Waals surface area contributed by atoms with Gasteiger partial charge in [0.15, 0.2) is 12.0 Å². The van der Waals surface area contributed by atoms with Crippen LogP contribution < -0.4 is 11.4 Å². The molecule has 9 nitrogen and oxygen atoms in total. The van der Waals surface area contributed by atoms with Crippen molar-refractivity contribution in [2.24, 2.45) is 0 Å². The Balaban J connectivity index is 0.00000200. The molecular formula is C10H14FN3O6. The van der Waals surface area contributed by atoms with E-state index in [9.17, 15) is 24.5 Å². The van der Waals surface area contributed by atoms with Gasteiger partial charge in [0.1, 0.15) is 30.5 Å². The van der Waals surface area contributed by atoms with E-state index in [1.165, 1.54) is 12.3 Å². The number of anilines is 1. The lowest BCUT2D eigenvalue weighted by Crippen LogP contribution is -2.35. The van der Waals surface area contributed by atoms with Crippen molar-refractivity contribution < 1.29 is 29.9 Å². The van der Waals surface area contributed by atoms with Gasteiger partial charge >= 0.3 is 5.69 Å². The smallest absolute Gasteiger partial charge is 0.351 e. The Kier molecular flexibility index (Phi) is 4.78. The molecule has 1 aliphatic heterocycles. The monoisotopic (exact) mass is 291 g/mol. The zero-order chi connectivity index (χ0) is 14.2. The lowest BCUT2D eigenvalue weighted by Gasteiger charge is -2.16. The summed E-state index contributed by atoms with van der Waals surface area (Å²) < 4.78 is 18.2. The van der Waals surface area contributed by atoms with Gasteiger partial charge in [0, 0.05) is 6.20 Å². The highest BCUT2D eigenvalue weighted by atomic mass is 19.1. The van der Waals surface area contributed by atoms with Crippen LogP contribution in [0.1, 0.15) is 6.23 Å². The van der Waals surface area contributed by atoms with Crippen molar-refractivity contribution in [3.05, 3.63) is 34.8 Å². The first-order valence-electron chi connectivity index (χ1n) is 5.31. The number of hydrogen-bond donors (Lipinski definition) is 4. The Morgan fingerprint density at radius 2 is 2.15 bits per heavy atom. The first-order chi connectivity index (χ1) is 8.95. The third-order valence-electron chi connectivity index (χ3n) is 2.77. The summed E-state index contributed by atoms with van der Waals surface area (Å²) in [6, 6.07) is 1.29. The van der Waals surface area contributed by atoms with Crippen LogP contribution in [0, 0.1) is 0 Å². The maximum Gasteiger partial charge on any atom is 0.351 e. The molecule has 1 fully saturated rings. The molecule has 0 bridgehead atoms. The molecule has 112 valence electrons. The molecule has 4 atom stereocenters. The Labute approximate surface area is 111 Å². The lowest BCUT2D eigenvalue weighted by atomic mass is 10.1. The summed E-state index contributed by atoms with van der Waals surface area (Å²) in [5.41, 5.74) is 4.50. The maximum atomic E-state index is 12.2. The van der Waals surface area contributed by atoms with Crippen LogP contribution in [0.15, 0.2) is 29.1 Å². The number of nitrogens with two attached hydrogens (primary N) is 1. The first-order valence-corrected chi connectivity index (χ1v) is 5.31. The van der Waals surface area contributed by atoms with Gasteiger partial charge < -0.3 is 31.3 Å². The molecule has 7 N–H and O–H groups in total. The second-order valence-corrected chi connectivity index (χ2v) is 4.00. The molecular weight excluding hydrogens is 277 g/mol. The molecule has 1 saturated heterocycles. The molecule has 2 heterocycles.